The van der Waals surface area contributed by atoms with Gasteiger partial charge in [-0.25, -0.2) is 0 Å². The first-order valence-electron chi connectivity index (χ1n) is 7.30. The van der Waals surface area contributed by atoms with Gasteiger partial charge >= 0.3 is 0 Å². The molecular formula is C16H25NO2. The Labute approximate surface area is 116 Å². The average molecular weight is 263 g/mol. The topological polar surface area (TPSA) is 41.5 Å². The van der Waals surface area contributed by atoms with Crippen molar-refractivity contribution in [3.8, 4) is 5.75 Å². The van der Waals surface area contributed by atoms with Gasteiger partial charge in [0.2, 0.25) is 0 Å². The highest BCUT2D eigenvalue weighted by Crippen LogP contribution is 2.28. The Bertz CT molecular complexity index is 406. The minimum Gasteiger partial charge on any atom is -0.487 e. The summed E-state index contributed by atoms with van der Waals surface area (Å²) in [7, 11) is 1.94. The Morgan fingerprint density at radius 1 is 1.26 bits per heavy atom. The van der Waals surface area contributed by atoms with Crippen molar-refractivity contribution in [3.63, 3.8) is 0 Å². The highest BCUT2D eigenvalue weighted by atomic mass is 16.5. The quantitative estimate of drug-likeness (QED) is 0.821. The molecule has 106 valence electrons. The van der Waals surface area contributed by atoms with E-state index in [2.05, 4.69) is 30.4 Å². The molecule has 2 unspecified atom stereocenters. The fraction of sp³-hybridized carbons (Fsp3) is 0.625. The molecule has 0 radical (unpaired) electrons. The maximum Gasteiger partial charge on any atom is 0.127 e. The molecule has 2 atom stereocenters. The van der Waals surface area contributed by atoms with Crippen LogP contribution in [0.5, 0.6) is 5.75 Å². The molecule has 2 rings (SSSR count). The predicted octanol–water partition coefficient (Wildman–Crippen LogP) is 2.79. The van der Waals surface area contributed by atoms with E-state index in [1.54, 1.807) is 0 Å². The van der Waals surface area contributed by atoms with Gasteiger partial charge in [0.05, 0.1) is 6.10 Å². The number of aryl methyl sites for hydroxylation is 1. The highest BCUT2D eigenvalue weighted by molar-refractivity contribution is 5.41. The summed E-state index contributed by atoms with van der Waals surface area (Å²) in [6, 6.07) is 6.21. The number of hydrogen-bond donors (Lipinski definition) is 2. The number of aliphatic hydroxyl groups is 1. The summed E-state index contributed by atoms with van der Waals surface area (Å²) in [6.07, 6.45) is 4.89. The van der Waals surface area contributed by atoms with Gasteiger partial charge in [0.25, 0.3) is 0 Å². The molecule has 19 heavy (non-hydrogen) atoms. The molecule has 0 heterocycles. The van der Waals surface area contributed by atoms with Crippen molar-refractivity contribution in [3.05, 3.63) is 29.3 Å². The van der Waals surface area contributed by atoms with Crippen LogP contribution in [-0.4, -0.2) is 24.4 Å². The van der Waals surface area contributed by atoms with Gasteiger partial charge in [-0.2, -0.15) is 0 Å². The molecule has 0 spiro atoms. The normalized spacial score (nSPS) is 23.9. The zero-order valence-electron chi connectivity index (χ0n) is 12.0. The standard InChI is InChI=1S/C16H25NO2/c1-12-7-6-8-13(11-17-2)16(12)19-15-10-5-3-4-9-14(15)18/h6-8,14-15,17-18H,3-5,9-11H2,1-2H3. The number of benzene rings is 1. The summed E-state index contributed by atoms with van der Waals surface area (Å²) >= 11 is 0. The largest absolute Gasteiger partial charge is 0.487 e. The fourth-order valence-electron chi connectivity index (χ4n) is 2.75. The first-order chi connectivity index (χ1) is 9.22. The zero-order valence-corrected chi connectivity index (χ0v) is 12.0. The lowest BCUT2D eigenvalue weighted by Crippen LogP contribution is -2.31. The van der Waals surface area contributed by atoms with Crippen LogP contribution in [0, 0.1) is 6.92 Å². The van der Waals surface area contributed by atoms with Gasteiger partial charge in [0.15, 0.2) is 0 Å². The lowest BCUT2D eigenvalue weighted by Gasteiger charge is -2.24. The van der Waals surface area contributed by atoms with Crippen molar-refractivity contribution in [2.45, 2.75) is 57.8 Å². The van der Waals surface area contributed by atoms with Crippen LogP contribution in [0.4, 0.5) is 0 Å². The fourth-order valence-corrected chi connectivity index (χ4v) is 2.75. The van der Waals surface area contributed by atoms with Crippen molar-refractivity contribution in [1.29, 1.82) is 0 Å². The molecule has 1 aromatic rings. The molecule has 0 aliphatic heterocycles. The maximum atomic E-state index is 10.2. The molecule has 3 heteroatoms. The summed E-state index contributed by atoms with van der Waals surface area (Å²) in [5.41, 5.74) is 2.31. The number of hydrogen-bond acceptors (Lipinski definition) is 3. The van der Waals surface area contributed by atoms with Crippen LogP contribution >= 0.6 is 0 Å². The smallest absolute Gasteiger partial charge is 0.127 e. The monoisotopic (exact) mass is 263 g/mol. The van der Waals surface area contributed by atoms with Crippen LogP contribution in [-0.2, 0) is 6.54 Å². The van der Waals surface area contributed by atoms with Crippen molar-refractivity contribution in [1.82, 2.24) is 5.32 Å². The summed E-state index contributed by atoms with van der Waals surface area (Å²) in [5.74, 6) is 0.947. The Morgan fingerprint density at radius 3 is 2.84 bits per heavy atom. The Balaban J connectivity index is 2.16. The molecule has 1 aliphatic rings. The van der Waals surface area contributed by atoms with Crippen molar-refractivity contribution < 1.29 is 9.84 Å². The van der Waals surface area contributed by atoms with E-state index in [0.717, 1.165) is 43.5 Å². The van der Waals surface area contributed by atoms with Gasteiger partial charge in [-0.1, -0.05) is 31.0 Å². The summed E-state index contributed by atoms with van der Waals surface area (Å²) < 4.78 is 6.17. The van der Waals surface area contributed by atoms with Crippen molar-refractivity contribution in [2.24, 2.45) is 0 Å². The summed E-state index contributed by atoms with van der Waals surface area (Å²) in [6.45, 7) is 2.86. The molecule has 0 aromatic heterocycles. The van der Waals surface area contributed by atoms with Gasteiger partial charge in [-0.05, 0) is 38.8 Å². The van der Waals surface area contributed by atoms with Crippen LogP contribution in [0.15, 0.2) is 18.2 Å². The van der Waals surface area contributed by atoms with Crippen LogP contribution < -0.4 is 10.1 Å². The van der Waals surface area contributed by atoms with Gasteiger partial charge in [-0.15, -0.1) is 0 Å². The molecule has 1 aliphatic carbocycles. The number of para-hydroxylation sites is 1. The summed E-state index contributed by atoms with van der Waals surface area (Å²) in [5, 5.41) is 13.4. The lowest BCUT2D eigenvalue weighted by molar-refractivity contribution is 0.0310. The Hall–Kier alpha value is -1.06. The van der Waals surface area contributed by atoms with Crippen molar-refractivity contribution in [2.75, 3.05) is 7.05 Å². The number of aliphatic hydroxyl groups excluding tert-OH is 1. The van der Waals surface area contributed by atoms with E-state index < -0.39 is 0 Å². The number of nitrogens with one attached hydrogen (secondary N) is 1. The van der Waals surface area contributed by atoms with E-state index in [4.69, 9.17) is 4.74 Å². The van der Waals surface area contributed by atoms with Crippen LogP contribution in [0.1, 0.15) is 43.2 Å². The number of ether oxygens (including phenoxy) is 1. The van der Waals surface area contributed by atoms with Crippen LogP contribution in [0.2, 0.25) is 0 Å². The van der Waals surface area contributed by atoms with Gasteiger partial charge in [0, 0.05) is 12.1 Å². The lowest BCUT2D eigenvalue weighted by atomic mass is 10.1. The third-order valence-corrected chi connectivity index (χ3v) is 3.85. The second kappa shape index (κ2) is 6.92. The summed E-state index contributed by atoms with van der Waals surface area (Å²) in [4.78, 5) is 0. The van der Waals surface area contributed by atoms with Crippen LogP contribution in [0.25, 0.3) is 0 Å². The molecule has 0 bridgehead atoms. The van der Waals surface area contributed by atoms with Crippen LogP contribution in [0.3, 0.4) is 0 Å². The Morgan fingerprint density at radius 2 is 2.05 bits per heavy atom. The maximum absolute atomic E-state index is 10.2. The average Bonchev–Trinajstić information content (AvgIpc) is 2.59. The highest BCUT2D eigenvalue weighted by Gasteiger charge is 2.24. The molecule has 0 saturated heterocycles. The van der Waals surface area contributed by atoms with Crippen molar-refractivity contribution >= 4 is 0 Å². The molecule has 2 N–H and O–H groups in total. The third-order valence-electron chi connectivity index (χ3n) is 3.85. The first-order valence-corrected chi connectivity index (χ1v) is 7.30. The molecule has 1 aromatic carbocycles. The van der Waals surface area contributed by atoms with E-state index in [1.807, 2.05) is 7.05 Å². The van der Waals surface area contributed by atoms with Gasteiger partial charge in [-0.3, -0.25) is 0 Å². The van der Waals surface area contributed by atoms with Gasteiger partial charge < -0.3 is 15.2 Å². The molecule has 3 nitrogen and oxygen atoms in total. The molecule has 1 saturated carbocycles. The SMILES string of the molecule is CNCc1cccc(C)c1OC1CCCCCC1O. The second-order valence-corrected chi connectivity index (χ2v) is 5.46. The molecular weight excluding hydrogens is 238 g/mol. The minimum atomic E-state index is -0.329. The van der Waals surface area contributed by atoms with E-state index >= 15 is 0 Å². The Kier molecular flexibility index (Phi) is 5.23. The third kappa shape index (κ3) is 3.71. The van der Waals surface area contributed by atoms with E-state index in [1.165, 1.54) is 12.0 Å². The van der Waals surface area contributed by atoms with E-state index in [9.17, 15) is 5.11 Å². The molecule has 1 fully saturated rings. The minimum absolute atomic E-state index is 0.0563. The first kappa shape index (κ1) is 14.4. The zero-order chi connectivity index (χ0) is 13.7. The number of rotatable bonds is 4. The van der Waals surface area contributed by atoms with E-state index in [0.29, 0.717) is 0 Å². The predicted molar refractivity (Wildman–Crippen MR) is 77.5 cm³/mol. The van der Waals surface area contributed by atoms with E-state index in [-0.39, 0.29) is 12.2 Å². The molecule has 0 amide bonds. The van der Waals surface area contributed by atoms with Gasteiger partial charge in [0.1, 0.15) is 11.9 Å². The second-order valence-electron chi connectivity index (χ2n) is 5.46.